The highest BCUT2D eigenvalue weighted by atomic mass is 16.4. The first-order valence-corrected chi connectivity index (χ1v) is 6.61. The van der Waals surface area contributed by atoms with E-state index in [-0.39, 0.29) is 24.5 Å². The van der Waals surface area contributed by atoms with E-state index >= 15 is 0 Å². The molecule has 106 valence electrons. The van der Waals surface area contributed by atoms with Crippen LogP contribution in [0.5, 0.6) is 0 Å². The molecule has 3 N–H and O–H groups in total. The van der Waals surface area contributed by atoms with Crippen molar-refractivity contribution >= 4 is 17.9 Å². The highest BCUT2D eigenvalue weighted by molar-refractivity contribution is 5.79. The van der Waals surface area contributed by atoms with Gasteiger partial charge in [-0.3, -0.25) is 9.59 Å². The maximum atomic E-state index is 12.0. The number of likely N-dealkylation sites (tertiary alicyclic amines) is 1. The summed E-state index contributed by atoms with van der Waals surface area (Å²) >= 11 is 0. The first kappa shape index (κ1) is 13.6. The first-order valence-electron chi connectivity index (χ1n) is 6.61. The molecule has 0 radical (unpaired) electrons. The van der Waals surface area contributed by atoms with Gasteiger partial charge in [-0.1, -0.05) is 0 Å². The molecule has 0 bridgehead atoms. The third kappa shape index (κ3) is 3.59. The molecule has 0 aliphatic carbocycles. The average molecular weight is 269 g/mol. The number of carbonyl (C=O) groups is 3. The maximum absolute atomic E-state index is 12.0. The summed E-state index contributed by atoms with van der Waals surface area (Å²) < 4.78 is 0. The number of piperidine rings is 2. The second-order valence-corrected chi connectivity index (χ2v) is 5.11. The van der Waals surface area contributed by atoms with Gasteiger partial charge in [0, 0.05) is 32.1 Å². The summed E-state index contributed by atoms with van der Waals surface area (Å²) in [5.74, 6) is -1.30. The van der Waals surface area contributed by atoms with E-state index in [1.165, 1.54) is 0 Å². The summed E-state index contributed by atoms with van der Waals surface area (Å²) in [7, 11) is 0. The summed E-state index contributed by atoms with van der Waals surface area (Å²) in [5, 5.41) is 14.5. The summed E-state index contributed by atoms with van der Waals surface area (Å²) in [6.07, 6.45) is 2.39. The molecule has 2 atom stereocenters. The number of carboxylic acid groups (broad SMARTS) is 1. The lowest BCUT2D eigenvalue weighted by Crippen LogP contribution is -2.53. The molecule has 2 rings (SSSR count). The minimum Gasteiger partial charge on any atom is -0.481 e. The molecule has 2 aliphatic rings. The quantitative estimate of drug-likeness (QED) is 0.645. The number of nitrogens with zero attached hydrogens (tertiary/aromatic N) is 1. The van der Waals surface area contributed by atoms with Crippen LogP contribution in [0.1, 0.15) is 25.7 Å². The molecule has 2 saturated heterocycles. The molecule has 0 aromatic heterocycles. The van der Waals surface area contributed by atoms with Crippen molar-refractivity contribution in [3.05, 3.63) is 0 Å². The predicted octanol–water partition coefficient (Wildman–Crippen LogP) is -0.229. The summed E-state index contributed by atoms with van der Waals surface area (Å²) in [6.45, 7) is 1.30. The average Bonchev–Trinajstić information content (AvgIpc) is 2.41. The van der Waals surface area contributed by atoms with E-state index in [0.717, 1.165) is 0 Å². The van der Waals surface area contributed by atoms with E-state index in [0.29, 0.717) is 38.8 Å². The second kappa shape index (κ2) is 5.90. The molecular weight excluding hydrogens is 250 g/mol. The normalized spacial score (nSPS) is 27.6. The summed E-state index contributed by atoms with van der Waals surface area (Å²) in [6, 6.07) is -0.289. The van der Waals surface area contributed by atoms with Crippen LogP contribution in [0.25, 0.3) is 0 Å². The van der Waals surface area contributed by atoms with Crippen molar-refractivity contribution in [2.45, 2.75) is 31.7 Å². The van der Waals surface area contributed by atoms with E-state index in [9.17, 15) is 14.4 Å². The molecule has 2 fully saturated rings. The minimum atomic E-state index is -0.845. The first-order chi connectivity index (χ1) is 9.06. The number of carbonyl (C=O) groups excluding carboxylic acids is 2. The van der Waals surface area contributed by atoms with Gasteiger partial charge in [0.05, 0.1) is 5.92 Å². The fraction of sp³-hybridized carbons (Fsp3) is 0.750. The van der Waals surface area contributed by atoms with Crippen LogP contribution in [0.2, 0.25) is 0 Å². The van der Waals surface area contributed by atoms with Gasteiger partial charge in [-0.2, -0.15) is 0 Å². The number of aliphatic carboxylic acids is 1. The van der Waals surface area contributed by atoms with Crippen molar-refractivity contribution in [3.8, 4) is 0 Å². The van der Waals surface area contributed by atoms with Crippen molar-refractivity contribution in [1.82, 2.24) is 15.5 Å². The monoisotopic (exact) mass is 269 g/mol. The van der Waals surface area contributed by atoms with Crippen molar-refractivity contribution in [2.24, 2.45) is 5.92 Å². The molecule has 0 aromatic rings. The number of rotatable bonds is 2. The summed E-state index contributed by atoms with van der Waals surface area (Å²) in [5.41, 5.74) is 0. The van der Waals surface area contributed by atoms with Gasteiger partial charge in [-0.05, 0) is 19.3 Å². The number of hydrogen-bond acceptors (Lipinski definition) is 3. The Bertz CT molecular complexity index is 375. The molecule has 0 spiro atoms. The van der Waals surface area contributed by atoms with Crippen LogP contribution in [-0.4, -0.2) is 53.6 Å². The van der Waals surface area contributed by atoms with Gasteiger partial charge in [0.2, 0.25) is 5.91 Å². The number of amides is 3. The molecule has 7 heteroatoms. The zero-order valence-corrected chi connectivity index (χ0v) is 10.7. The van der Waals surface area contributed by atoms with E-state index in [1.807, 2.05) is 0 Å². The van der Waals surface area contributed by atoms with Gasteiger partial charge in [0.1, 0.15) is 0 Å². The largest absolute Gasteiger partial charge is 0.481 e. The fourth-order valence-corrected chi connectivity index (χ4v) is 2.49. The fourth-order valence-electron chi connectivity index (χ4n) is 2.49. The highest BCUT2D eigenvalue weighted by Gasteiger charge is 2.29. The SMILES string of the molecule is O=C1CCC(NC(=O)N2CCC[C@@H](C(=O)O)C2)CN1. The highest BCUT2D eigenvalue weighted by Crippen LogP contribution is 2.17. The van der Waals surface area contributed by atoms with E-state index in [2.05, 4.69) is 10.6 Å². The Hall–Kier alpha value is -1.79. The lowest BCUT2D eigenvalue weighted by atomic mass is 9.98. The molecule has 0 saturated carbocycles. The number of carboxylic acids is 1. The minimum absolute atomic E-state index is 0.00872. The third-order valence-corrected chi connectivity index (χ3v) is 3.65. The van der Waals surface area contributed by atoms with Crippen LogP contribution in [0.3, 0.4) is 0 Å². The van der Waals surface area contributed by atoms with E-state index in [4.69, 9.17) is 5.11 Å². The number of urea groups is 1. The van der Waals surface area contributed by atoms with Crippen LogP contribution < -0.4 is 10.6 Å². The van der Waals surface area contributed by atoms with Crippen molar-refractivity contribution in [3.63, 3.8) is 0 Å². The molecule has 2 heterocycles. The lowest BCUT2D eigenvalue weighted by Gasteiger charge is -2.33. The number of nitrogens with one attached hydrogen (secondary N) is 2. The van der Waals surface area contributed by atoms with Gasteiger partial charge in [-0.25, -0.2) is 4.79 Å². The molecule has 0 aromatic carbocycles. The lowest BCUT2D eigenvalue weighted by molar-refractivity contribution is -0.143. The molecule has 19 heavy (non-hydrogen) atoms. The zero-order valence-electron chi connectivity index (χ0n) is 10.7. The molecule has 2 aliphatic heterocycles. The third-order valence-electron chi connectivity index (χ3n) is 3.65. The number of hydrogen-bond donors (Lipinski definition) is 3. The molecular formula is C12H19N3O4. The van der Waals surface area contributed by atoms with Crippen molar-refractivity contribution in [1.29, 1.82) is 0 Å². The Morgan fingerprint density at radius 2 is 2.16 bits per heavy atom. The summed E-state index contributed by atoms with van der Waals surface area (Å²) in [4.78, 5) is 35.5. The Labute approximate surface area is 111 Å². The van der Waals surface area contributed by atoms with E-state index < -0.39 is 11.9 Å². The van der Waals surface area contributed by atoms with Crippen LogP contribution in [0.4, 0.5) is 4.79 Å². The maximum Gasteiger partial charge on any atom is 0.317 e. The molecule has 7 nitrogen and oxygen atoms in total. The zero-order chi connectivity index (χ0) is 13.8. The van der Waals surface area contributed by atoms with Crippen molar-refractivity contribution < 1.29 is 19.5 Å². The van der Waals surface area contributed by atoms with Gasteiger partial charge in [0.25, 0.3) is 0 Å². The molecule has 1 unspecified atom stereocenters. The Kier molecular flexibility index (Phi) is 4.24. The predicted molar refractivity (Wildman–Crippen MR) is 66.5 cm³/mol. The van der Waals surface area contributed by atoms with Crippen LogP contribution in [-0.2, 0) is 9.59 Å². The van der Waals surface area contributed by atoms with Gasteiger partial charge < -0.3 is 20.6 Å². The Morgan fingerprint density at radius 1 is 1.37 bits per heavy atom. The Morgan fingerprint density at radius 3 is 2.79 bits per heavy atom. The van der Waals surface area contributed by atoms with Gasteiger partial charge in [0.15, 0.2) is 0 Å². The smallest absolute Gasteiger partial charge is 0.317 e. The van der Waals surface area contributed by atoms with Crippen molar-refractivity contribution in [2.75, 3.05) is 19.6 Å². The van der Waals surface area contributed by atoms with Crippen LogP contribution in [0, 0.1) is 5.92 Å². The molecule has 3 amide bonds. The second-order valence-electron chi connectivity index (χ2n) is 5.11. The standard InChI is InChI=1S/C12H19N3O4/c16-10-4-3-9(6-13-10)14-12(19)15-5-1-2-8(7-15)11(17)18/h8-9H,1-7H2,(H,13,16)(H,14,19)(H,17,18)/t8-,9?/m1/s1. The van der Waals surface area contributed by atoms with Gasteiger partial charge >= 0.3 is 12.0 Å². The topological polar surface area (TPSA) is 98.7 Å². The van der Waals surface area contributed by atoms with Crippen LogP contribution in [0.15, 0.2) is 0 Å². The van der Waals surface area contributed by atoms with E-state index in [1.54, 1.807) is 4.90 Å². The van der Waals surface area contributed by atoms with Crippen LogP contribution >= 0.6 is 0 Å². The van der Waals surface area contributed by atoms with Gasteiger partial charge in [-0.15, -0.1) is 0 Å². The Balaban J connectivity index is 1.82.